The third-order valence-electron chi connectivity index (χ3n) is 6.01. The first kappa shape index (κ1) is 21.6. The third kappa shape index (κ3) is 4.37. The number of methoxy groups -OCH3 is 1. The van der Waals surface area contributed by atoms with Crippen molar-refractivity contribution in [2.24, 2.45) is 0 Å². The molecule has 0 aliphatic carbocycles. The molecule has 1 saturated heterocycles. The fourth-order valence-electron chi connectivity index (χ4n) is 4.31. The summed E-state index contributed by atoms with van der Waals surface area (Å²) in [5.74, 6) is 0.481. The van der Waals surface area contributed by atoms with Crippen molar-refractivity contribution in [2.45, 2.75) is 37.8 Å². The zero-order valence-electron chi connectivity index (χ0n) is 18.3. The molecule has 0 aromatic heterocycles. The van der Waals surface area contributed by atoms with Gasteiger partial charge in [0.1, 0.15) is 11.8 Å². The molecule has 5 nitrogen and oxygen atoms in total. The molecule has 3 aromatic rings. The van der Waals surface area contributed by atoms with Gasteiger partial charge in [-0.2, -0.15) is 0 Å². The molecule has 0 saturated carbocycles. The van der Waals surface area contributed by atoms with Crippen LogP contribution in [0.5, 0.6) is 5.75 Å². The molecule has 2 amide bonds. The average molecular weight is 430 g/mol. The van der Waals surface area contributed by atoms with Crippen LogP contribution in [0.15, 0.2) is 84.9 Å². The van der Waals surface area contributed by atoms with Gasteiger partial charge in [-0.3, -0.25) is 4.79 Å². The van der Waals surface area contributed by atoms with Crippen molar-refractivity contribution >= 4 is 12.0 Å². The Hall–Kier alpha value is -3.60. The van der Waals surface area contributed by atoms with Gasteiger partial charge < -0.3 is 9.47 Å². The molecule has 3 aromatic carbocycles. The first-order valence-corrected chi connectivity index (χ1v) is 10.9. The molecule has 0 radical (unpaired) electrons. The van der Waals surface area contributed by atoms with Gasteiger partial charge >= 0.3 is 6.09 Å². The van der Waals surface area contributed by atoms with Crippen LogP contribution in [0.4, 0.5) is 4.79 Å². The molecule has 0 spiro atoms. The summed E-state index contributed by atoms with van der Waals surface area (Å²) in [4.78, 5) is 27.8. The monoisotopic (exact) mass is 429 g/mol. The molecular weight excluding hydrogens is 402 g/mol. The van der Waals surface area contributed by atoms with E-state index in [1.807, 2.05) is 91.9 Å². The Morgan fingerprint density at radius 3 is 2.25 bits per heavy atom. The smallest absolute Gasteiger partial charge is 0.417 e. The topological polar surface area (TPSA) is 55.8 Å². The standard InChI is InChI=1S/C27H27NO4/c1-3-19(22-15-10-16-23(17-22)31-2)18-24(29)28-25(20-11-6-4-7-12-20)26(32-27(28)30)21-13-8-5-9-14-21/h4-17,19,25-26H,3,18H2,1-2H3/t19-,25-,26+/m1/s1. The first-order chi connectivity index (χ1) is 15.6. The van der Waals surface area contributed by atoms with Crippen LogP contribution in [0.3, 0.4) is 0 Å². The molecular formula is C27H27NO4. The van der Waals surface area contributed by atoms with Crippen LogP contribution in [-0.2, 0) is 9.53 Å². The fraction of sp³-hybridized carbons (Fsp3) is 0.259. The second-order valence-corrected chi connectivity index (χ2v) is 7.92. The summed E-state index contributed by atoms with van der Waals surface area (Å²) in [5.41, 5.74) is 2.75. The van der Waals surface area contributed by atoms with Crippen molar-refractivity contribution < 1.29 is 19.1 Å². The zero-order chi connectivity index (χ0) is 22.5. The van der Waals surface area contributed by atoms with Gasteiger partial charge in [-0.1, -0.05) is 79.7 Å². The van der Waals surface area contributed by atoms with Crippen molar-refractivity contribution in [3.63, 3.8) is 0 Å². The van der Waals surface area contributed by atoms with Crippen LogP contribution in [0.2, 0.25) is 0 Å². The normalized spacial score (nSPS) is 18.8. The quantitative estimate of drug-likeness (QED) is 0.459. The van der Waals surface area contributed by atoms with Crippen molar-refractivity contribution in [2.75, 3.05) is 7.11 Å². The van der Waals surface area contributed by atoms with Crippen LogP contribution >= 0.6 is 0 Å². The number of imide groups is 1. The number of nitrogens with zero attached hydrogens (tertiary/aromatic N) is 1. The number of hydrogen-bond donors (Lipinski definition) is 0. The van der Waals surface area contributed by atoms with E-state index in [1.54, 1.807) is 7.11 Å². The molecule has 1 aliphatic rings. The molecule has 4 rings (SSSR count). The van der Waals surface area contributed by atoms with E-state index in [0.717, 1.165) is 28.9 Å². The minimum Gasteiger partial charge on any atom is -0.497 e. The molecule has 1 aliphatic heterocycles. The van der Waals surface area contributed by atoms with Gasteiger partial charge in [0.25, 0.3) is 0 Å². The SMILES string of the molecule is CC[C@H](CC(=O)N1C(=O)O[C@@H](c2ccccc2)[C@H]1c1ccccc1)c1cccc(OC)c1. The Labute approximate surface area is 188 Å². The van der Waals surface area contributed by atoms with Gasteiger partial charge in [0.15, 0.2) is 6.10 Å². The van der Waals surface area contributed by atoms with E-state index in [4.69, 9.17) is 9.47 Å². The summed E-state index contributed by atoms with van der Waals surface area (Å²) in [6, 6.07) is 26.4. The lowest BCUT2D eigenvalue weighted by Crippen LogP contribution is -2.35. The van der Waals surface area contributed by atoms with E-state index in [-0.39, 0.29) is 18.2 Å². The number of cyclic esters (lactones) is 1. The minimum atomic E-state index is -0.599. The number of rotatable bonds is 7. The largest absolute Gasteiger partial charge is 0.497 e. The number of carbonyl (C=O) groups excluding carboxylic acids is 2. The predicted molar refractivity (Wildman–Crippen MR) is 122 cm³/mol. The lowest BCUT2D eigenvalue weighted by Gasteiger charge is -2.25. The van der Waals surface area contributed by atoms with Crippen LogP contribution in [0.1, 0.15) is 54.5 Å². The first-order valence-electron chi connectivity index (χ1n) is 10.9. The maximum atomic E-state index is 13.5. The van der Waals surface area contributed by atoms with Gasteiger partial charge in [-0.15, -0.1) is 0 Å². The van der Waals surface area contributed by atoms with Crippen molar-refractivity contribution in [3.05, 3.63) is 102 Å². The fourth-order valence-corrected chi connectivity index (χ4v) is 4.31. The van der Waals surface area contributed by atoms with E-state index in [2.05, 4.69) is 0 Å². The van der Waals surface area contributed by atoms with Crippen molar-refractivity contribution in [1.29, 1.82) is 0 Å². The summed E-state index contributed by atoms with van der Waals surface area (Å²) in [7, 11) is 1.62. The summed E-state index contributed by atoms with van der Waals surface area (Å²) < 4.78 is 11.1. The van der Waals surface area contributed by atoms with Crippen molar-refractivity contribution in [1.82, 2.24) is 4.90 Å². The lowest BCUT2D eigenvalue weighted by atomic mass is 9.91. The number of benzene rings is 3. The van der Waals surface area contributed by atoms with E-state index >= 15 is 0 Å². The Balaban J connectivity index is 1.65. The predicted octanol–water partition coefficient (Wildman–Crippen LogP) is 6.04. The molecule has 0 N–H and O–H groups in total. The molecule has 3 atom stereocenters. The molecule has 1 heterocycles. The lowest BCUT2D eigenvalue weighted by molar-refractivity contribution is -0.129. The molecule has 164 valence electrons. The van der Waals surface area contributed by atoms with Gasteiger partial charge in [0.2, 0.25) is 5.91 Å². The highest BCUT2D eigenvalue weighted by molar-refractivity contribution is 5.94. The highest BCUT2D eigenvalue weighted by Gasteiger charge is 2.47. The molecule has 5 heteroatoms. The van der Waals surface area contributed by atoms with Gasteiger partial charge in [-0.05, 0) is 41.2 Å². The summed E-state index contributed by atoms with van der Waals surface area (Å²) >= 11 is 0. The number of amides is 2. The Bertz CT molecular complexity index is 1070. The maximum absolute atomic E-state index is 13.5. The van der Waals surface area contributed by atoms with Crippen LogP contribution in [-0.4, -0.2) is 24.0 Å². The summed E-state index contributed by atoms with van der Waals surface area (Å²) in [6.07, 6.45) is -0.172. The highest BCUT2D eigenvalue weighted by atomic mass is 16.6. The van der Waals surface area contributed by atoms with Gasteiger partial charge in [-0.25, -0.2) is 9.69 Å². The summed E-state index contributed by atoms with van der Waals surface area (Å²) in [5, 5.41) is 0. The van der Waals surface area contributed by atoms with E-state index in [0.29, 0.717) is 0 Å². The van der Waals surface area contributed by atoms with E-state index in [9.17, 15) is 9.59 Å². The van der Waals surface area contributed by atoms with Gasteiger partial charge in [0, 0.05) is 6.42 Å². The minimum absolute atomic E-state index is 0.0300. The highest BCUT2D eigenvalue weighted by Crippen LogP contribution is 2.44. The number of hydrogen-bond acceptors (Lipinski definition) is 4. The molecule has 0 unspecified atom stereocenters. The Kier molecular flexibility index (Phi) is 6.55. The maximum Gasteiger partial charge on any atom is 0.417 e. The second-order valence-electron chi connectivity index (χ2n) is 7.92. The zero-order valence-corrected chi connectivity index (χ0v) is 18.3. The molecule has 1 fully saturated rings. The Morgan fingerprint density at radius 1 is 0.969 bits per heavy atom. The summed E-state index contributed by atoms with van der Waals surface area (Å²) in [6.45, 7) is 2.04. The number of ether oxygens (including phenoxy) is 2. The van der Waals surface area contributed by atoms with Crippen LogP contribution in [0, 0.1) is 0 Å². The van der Waals surface area contributed by atoms with E-state index < -0.39 is 18.2 Å². The van der Waals surface area contributed by atoms with Crippen LogP contribution < -0.4 is 4.74 Å². The molecule has 0 bridgehead atoms. The Morgan fingerprint density at radius 2 is 1.62 bits per heavy atom. The third-order valence-corrected chi connectivity index (χ3v) is 6.01. The number of carbonyl (C=O) groups is 2. The molecule has 32 heavy (non-hydrogen) atoms. The van der Waals surface area contributed by atoms with Gasteiger partial charge in [0.05, 0.1) is 7.11 Å². The van der Waals surface area contributed by atoms with Crippen LogP contribution in [0.25, 0.3) is 0 Å². The second kappa shape index (κ2) is 9.69. The van der Waals surface area contributed by atoms with E-state index in [1.165, 1.54) is 4.90 Å². The average Bonchev–Trinajstić information content (AvgIpc) is 3.20. The van der Waals surface area contributed by atoms with Crippen molar-refractivity contribution in [3.8, 4) is 5.75 Å².